The van der Waals surface area contributed by atoms with Crippen LogP contribution in [0.25, 0.3) is 0 Å². The van der Waals surface area contributed by atoms with E-state index in [1.165, 1.54) is 6.42 Å². The van der Waals surface area contributed by atoms with Gasteiger partial charge in [0.15, 0.2) is 6.61 Å². The fourth-order valence-electron chi connectivity index (χ4n) is 3.49. The molecule has 1 aliphatic heterocycles. The van der Waals surface area contributed by atoms with Crippen LogP contribution in [0.5, 0.6) is 5.75 Å². The van der Waals surface area contributed by atoms with E-state index in [4.69, 9.17) is 14.9 Å². The number of anilines is 1. The van der Waals surface area contributed by atoms with Gasteiger partial charge in [-0.15, -0.1) is 0 Å². The van der Waals surface area contributed by atoms with Crippen molar-refractivity contribution in [3.63, 3.8) is 0 Å². The second kappa shape index (κ2) is 10.6. The van der Waals surface area contributed by atoms with Crippen molar-refractivity contribution in [1.82, 2.24) is 4.90 Å². The number of carbonyl (C=O) groups is 2. The first-order valence-electron chi connectivity index (χ1n) is 10.6. The van der Waals surface area contributed by atoms with Crippen molar-refractivity contribution >= 4 is 23.4 Å². The largest absolute Gasteiger partial charge is 0.482 e. The van der Waals surface area contributed by atoms with Crippen LogP contribution >= 0.6 is 0 Å². The monoisotopic (exact) mass is 423 g/mol. The molecule has 0 bridgehead atoms. The molecule has 0 unspecified atom stereocenters. The maximum absolute atomic E-state index is 12.7. The lowest BCUT2D eigenvalue weighted by molar-refractivity contribution is -0.145. The number of likely N-dealkylation sites (tertiary alicyclic amines) is 1. The van der Waals surface area contributed by atoms with Gasteiger partial charge in [-0.3, -0.25) is 10.2 Å². The van der Waals surface area contributed by atoms with Crippen LogP contribution in [0, 0.1) is 12.3 Å². The van der Waals surface area contributed by atoms with Gasteiger partial charge in [0.05, 0.1) is 6.61 Å². The minimum absolute atomic E-state index is 0.155. The number of rotatable bonds is 7. The predicted octanol–water partition coefficient (Wildman–Crippen LogP) is 4.00. The van der Waals surface area contributed by atoms with Crippen molar-refractivity contribution in [2.24, 2.45) is 0 Å². The summed E-state index contributed by atoms with van der Waals surface area (Å²) in [6.45, 7) is 5.59. The molecule has 1 fully saturated rings. The number of aryl methyl sites for hydroxylation is 1. The first-order chi connectivity index (χ1) is 15.0. The predicted molar refractivity (Wildman–Crippen MR) is 120 cm³/mol. The summed E-state index contributed by atoms with van der Waals surface area (Å²) >= 11 is 0. The summed E-state index contributed by atoms with van der Waals surface area (Å²) in [5.74, 6) is 0.402. The lowest BCUT2D eigenvalue weighted by Crippen LogP contribution is -2.35. The van der Waals surface area contributed by atoms with E-state index in [0.29, 0.717) is 29.4 Å². The molecule has 0 radical (unpaired) electrons. The first-order valence-corrected chi connectivity index (χ1v) is 10.6. The first kappa shape index (κ1) is 22.3. The minimum atomic E-state index is -0.422. The van der Waals surface area contributed by atoms with Gasteiger partial charge in [0.2, 0.25) is 0 Å². The van der Waals surface area contributed by atoms with Crippen LogP contribution < -0.4 is 10.1 Å². The molecule has 7 heteroatoms. The molecule has 2 aromatic carbocycles. The molecular weight excluding hydrogens is 394 g/mol. The van der Waals surface area contributed by atoms with Crippen molar-refractivity contribution in [3.05, 3.63) is 59.2 Å². The number of piperidine rings is 1. The lowest BCUT2D eigenvalue weighted by atomic mass is 10.1. The van der Waals surface area contributed by atoms with Crippen LogP contribution in [-0.2, 0) is 9.53 Å². The number of amidine groups is 1. The Hall–Kier alpha value is -3.35. The second-order valence-corrected chi connectivity index (χ2v) is 7.50. The fraction of sp³-hybridized carbons (Fsp3) is 0.375. The molecule has 164 valence electrons. The normalized spacial score (nSPS) is 13.4. The van der Waals surface area contributed by atoms with Gasteiger partial charge in [-0.1, -0.05) is 12.1 Å². The Bertz CT molecular complexity index is 934. The van der Waals surface area contributed by atoms with Crippen LogP contribution in [0.15, 0.2) is 42.5 Å². The number of carbonyl (C=O) groups excluding carboxylic acids is 2. The Kier molecular flexibility index (Phi) is 7.65. The molecule has 2 aromatic rings. The Morgan fingerprint density at radius 1 is 1.03 bits per heavy atom. The molecule has 1 amide bonds. The highest BCUT2D eigenvalue weighted by molar-refractivity contribution is 6.05. The number of esters is 1. The number of hydrogen-bond acceptors (Lipinski definition) is 5. The van der Waals surface area contributed by atoms with Crippen molar-refractivity contribution in [2.75, 3.05) is 31.6 Å². The Morgan fingerprint density at radius 2 is 1.71 bits per heavy atom. The summed E-state index contributed by atoms with van der Waals surface area (Å²) in [5.41, 5.74) is 2.83. The topological polar surface area (TPSA) is 91.7 Å². The molecule has 7 nitrogen and oxygen atoms in total. The summed E-state index contributed by atoms with van der Waals surface area (Å²) in [4.78, 5) is 26.2. The highest BCUT2D eigenvalue weighted by atomic mass is 16.6. The molecule has 0 aliphatic carbocycles. The van der Waals surface area contributed by atoms with Crippen molar-refractivity contribution in [1.29, 1.82) is 5.41 Å². The molecular formula is C24H29N3O4. The van der Waals surface area contributed by atoms with Crippen LogP contribution in [-0.4, -0.2) is 48.9 Å². The van der Waals surface area contributed by atoms with Gasteiger partial charge < -0.3 is 19.7 Å². The van der Waals surface area contributed by atoms with Gasteiger partial charge >= 0.3 is 5.97 Å². The maximum Gasteiger partial charge on any atom is 0.344 e. The number of amides is 1. The van der Waals surface area contributed by atoms with Crippen molar-refractivity contribution < 1.29 is 19.1 Å². The van der Waals surface area contributed by atoms with Crippen LogP contribution in [0.4, 0.5) is 5.69 Å². The average Bonchev–Trinajstić information content (AvgIpc) is 2.79. The third kappa shape index (κ3) is 6.07. The van der Waals surface area contributed by atoms with Crippen molar-refractivity contribution in [3.8, 4) is 5.75 Å². The van der Waals surface area contributed by atoms with Gasteiger partial charge in [-0.05, 0) is 69.0 Å². The van der Waals surface area contributed by atoms with E-state index in [1.807, 2.05) is 19.1 Å². The van der Waals surface area contributed by atoms with E-state index < -0.39 is 5.97 Å². The molecule has 1 saturated heterocycles. The van der Waals surface area contributed by atoms with Gasteiger partial charge in [0, 0.05) is 29.9 Å². The lowest BCUT2D eigenvalue weighted by Gasteiger charge is -2.29. The van der Waals surface area contributed by atoms with Crippen molar-refractivity contribution in [2.45, 2.75) is 33.1 Å². The zero-order chi connectivity index (χ0) is 22.2. The van der Waals surface area contributed by atoms with E-state index in [2.05, 4.69) is 10.2 Å². The molecule has 0 spiro atoms. The van der Waals surface area contributed by atoms with E-state index in [0.717, 1.165) is 37.1 Å². The number of benzene rings is 2. The third-order valence-electron chi connectivity index (χ3n) is 5.20. The average molecular weight is 424 g/mol. The van der Waals surface area contributed by atoms with Gasteiger partial charge in [-0.2, -0.15) is 0 Å². The highest BCUT2D eigenvalue weighted by Gasteiger charge is 2.16. The maximum atomic E-state index is 12.7. The van der Waals surface area contributed by atoms with E-state index in [1.54, 1.807) is 37.3 Å². The zero-order valence-electron chi connectivity index (χ0n) is 18.1. The quantitative estimate of drug-likeness (QED) is 0.399. The summed E-state index contributed by atoms with van der Waals surface area (Å²) in [6, 6.07) is 12.3. The van der Waals surface area contributed by atoms with E-state index >= 15 is 0 Å². The van der Waals surface area contributed by atoms with Crippen LogP contribution in [0.3, 0.4) is 0 Å². The third-order valence-corrected chi connectivity index (χ3v) is 5.20. The molecule has 0 atom stereocenters. The van der Waals surface area contributed by atoms with Gasteiger partial charge in [-0.25, -0.2) is 4.79 Å². The summed E-state index contributed by atoms with van der Waals surface area (Å²) in [7, 11) is 0. The van der Waals surface area contributed by atoms with Gasteiger partial charge in [0.25, 0.3) is 5.91 Å². The summed E-state index contributed by atoms with van der Waals surface area (Å²) in [5, 5.41) is 11.3. The number of hydrogen-bond donors (Lipinski definition) is 2. The fourth-order valence-corrected chi connectivity index (χ4v) is 3.49. The molecule has 0 aromatic heterocycles. The van der Waals surface area contributed by atoms with Crippen LogP contribution in [0.2, 0.25) is 0 Å². The Morgan fingerprint density at radius 3 is 2.35 bits per heavy atom. The SMILES string of the molecule is CCOC(=O)COc1ccc(NC(=O)c2ccc(C(=N)N3CCCCC3)cc2)c(C)c1. The highest BCUT2D eigenvalue weighted by Crippen LogP contribution is 2.22. The molecule has 1 heterocycles. The summed E-state index contributed by atoms with van der Waals surface area (Å²) in [6.07, 6.45) is 3.46. The Labute approximate surface area is 182 Å². The number of ether oxygens (including phenoxy) is 2. The molecule has 1 aliphatic rings. The van der Waals surface area contributed by atoms with Crippen LogP contribution in [0.1, 0.15) is 47.7 Å². The molecule has 31 heavy (non-hydrogen) atoms. The zero-order valence-corrected chi connectivity index (χ0v) is 18.1. The number of nitrogens with zero attached hydrogens (tertiary/aromatic N) is 1. The molecule has 2 N–H and O–H groups in total. The van der Waals surface area contributed by atoms with Gasteiger partial charge in [0.1, 0.15) is 11.6 Å². The summed E-state index contributed by atoms with van der Waals surface area (Å²) < 4.78 is 10.3. The Balaban J connectivity index is 1.59. The minimum Gasteiger partial charge on any atom is -0.482 e. The standard InChI is InChI=1S/C24H29N3O4/c1-3-30-22(28)16-31-20-11-12-21(17(2)15-20)26-24(29)19-9-7-18(8-10-19)23(25)27-13-5-4-6-14-27/h7-12,15,25H,3-6,13-14,16H2,1-2H3,(H,26,29). The molecule has 0 saturated carbocycles. The number of nitrogens with one attached hydrogen (secondary N) is 2. The van der Waals surface area contributed by atoms with E-state index in [-0.39, 0.29) is 12.5 Å². The van der Waals surface area contributed by atoms with E-state index in [9.17, 15) is 9.59 Å². The second-order valence-electron chi connectivity index (χ2n) is 7.50. The molecule has 3 rings (SSSR count). The smallest absolute Gasteiger partial charge is 0.344 e.